The molecule has 0 fully saturated rings. The topological polar surface area (TPSA) is 56.7 Å². The van der Waals surface area contributed by atoms with Crippen LogP contribution in [0.3, 0.4) is 0 Å². The molecular formula is C51H30N4OS. The summed E-state index contributed by atoms with van der Waals surface area (Å²) in [6.45, 7) is 0. The van der Waals surface area contributed by atoms with Gasteiger partial charge in [0.15, 0.2) is 17.2 Å². The lowest BCUT2D eigenvalue weighted by atomic mass is 9.99. The second-order valence-corrected chi connectivity index (χ2v) is 15.4. The zero-order valence-electron chi connectivity index (χ0n) is 30.4. The van der Waals surface area contributed by atoms with Gasteiger partial charge in [-0.25, -0.2) is 4.98 Å². The van der Waals surface area contributed by atoms with Crippen LogP contribution >= 0.6 is 11.3 Å². The fourth-order valence-electron chi connectivity index (χ4n) is 8.53. The van der Waals surface area contributed by atoms with Crippen molar-refractivity contribution in [2.45, 2.75) is 0 Å². The number of hydrogen-bond donors (Lipinski definition) is 0. The van der Waals surface area contributed by atoms with Gasteiger partial charge in [0.1, 0.15) is 11.1 Å². The van der Waals surface area contributed by atoms with Crippen LogP contribution < -0.4 is 0 Å². The number of para-hydroxylation sites is 1. The largest absolute Gasteiger partial charge is 0.454 e. The molecule has 0 radical (unpaired) electrons. The highest BCUT2D eigenvalue weighted by atomic mass is 32.1. The molecule has 0 amide bonds. The van der Waals surface area contributed by atoms with Crippen LogP contribution in [0.25, 0.3) is 115 Å². The second-order valence-electron chi connectivity index (χ2n) is 14.3. The van der Waals surface area contributed by atoms with Crippen molar-refractivity contribution in [1.29, 1.82) is 0 Å². The summed E-state index contributed by atoms with van der Waals surface area (Å²) in [6.07, 6.45) is 0. The molecule has 0 saturated carbocycles. The third-order valence-corrected chi connectivity index (χ3v) is 12.2. The van der Waals surface area contributed by atoms with E-state index >= 15 is 0 Å². The summed E-state index contributed by atoms with van der Waals surface area (Å²) in [5.74, 6) is 1.74. The summed E-state index contributed by atoms with van der Waals surface area (Å²) in [4.78, 5) is 15.7. The average molecular weight is 747 g/mol. The molecule has 5 nitrogen and oxygen atoms in total. The molecule has 266 valence electrons. The summed E-state index contributed by atoms with van der Waals surface area (Å²) in [7, 11) is 0. The van der Waals surface area contributed by atoms with Crippen molar-refractivity contribution in [2.75, 3.05) is 0 Å². The lowest BCUT2D eigenvalue weighted by molar-refractivity contribution is 0.671. The van der Waals surface area contributed by atoms with Crippen LogP contribution in [0.1, 0.15) is 0 Å². The van der Waals surface area contributed by atoms with Crippen molar-refractivity contribution in [3.05, 3.63) is 182 Å². The molecule has 57 heavy (non-hydrogen) atoms. The first-order chi connectivity index (χ1) is 28.3. The van der Waals surface area contributed by atoms with Gasteiger partial charge < -0.3 is 4.42 Å². The standard InChI is InChI=1S/C51H30N4OS/c1-4-14-31(15-5-1)35-21-12-24-42-45(35)40-29-28-38-37-20-10-11-23-41(37)55(47(38)48(40)56-42)51-53-49(33-18-8-3-9-19-33)52-50(54-51)34-26-27-39-44(30-34)57-43-25-13-22-36(46(39)43)32-16-6-2-7-17-32/h1-30H. The molecule has 0 atom stereocenters. The van der Waals surface area contributed by atoms with E-state index in [1.54, 1.807) is 11.3 Å². The van der Waals surface area contributed by atoms with Crippen molar-refractivity contribution in [3.63, 3.8) is 0 Å². The normalized spacial score (nSPS) is 11.9. The Morgan fingerprint density at radius 2 is 1.04 bits per heavy atom. The molecular weight excluding hydrogens is 717 g/mol. The van der Waals surface area contributed by atoms with E-state index in [0.29, 0.717) is 17.6 Å². The van der Waals surface area contributed by atoms with Gasteiger partial charge in [-0.2, -0.15) is 9.97 Å². The average Bonchev–Trinajstić information content (AvgIpc) is 3.96. The number of aromatic nitrogens is 4. The van der Waals surface area contributed by atoms with Gasteiger partial charge in [-0.3, -0.25) is 4.57 Å². The van der Waals surface area contributed by atoms with Crippen LogP contribution in [-0.2, 0) is 0 Å². The van der Waals surface area contributed by atoms with E-state index < -0.39 is 0 Å². The fourth-order valence-corrected chi connectivity index (χ4v) is 9.70. The van der Waals surface area contributed by atoms with Crippen LogP contribution in [-0.4, -0.2) is 19.5 Å². The first kappa shape index (κ1) is 31.9. The smallest absolute Gasteiger partial charge is 0.238 e. The van der Waals surface area contributed by atoms with Crippen LogP contribution in [0.4, 0.5) is 0 Å². The van der Waals surface area contributed by atoms with Crippen molar-refractivity contribution in [1.82, 2.24) is 19.5 Å². The van der Waals surface area contributed by atoms with Gasteiger partial charge in [0.2, 0.25) is 5.95 Å². The zero-order valence-corrected chi connectivity index (χ0v) is 31.2. The number of nitrogens with zero attached hydrogens (tertiary/aromatic N) is 4. The Morgan fingerprint density at radius 1 is 0.421 bits per heavy atom. The molecule has 12 aromatic rings. The molecule has 0 aliphatic heterocycles. The number of furan rings is 1. The van der Waals surface area contributed by atoms with Crippen molar-refractivity contribution in [3.8, 4) is 51.0 Å². The predicted octanol–water partition coefficient (Wildman–Crippen LogP) is 13.9. The minimum absolute atomic E-state index is 0.532. The molecule has 0 saturated heterocycles. The monoisotopic (exact) mass is 746 g/mol. The minimum Gasteiger partial charge on any atom is -0.454 e. The SMILES string of the molecule is c1ccc(-c2nc(-c3ccc4c(c3)sc3cccc(-c5ccccc5)c34)nc(-n3c4ccccc4c4ccc5c(oc6cccc(-c7ccccc7)c65)c43)n2)cc1. The number of fused-ring (bicyclic) bond motifs is 10. The summed E-state index contributed by atoms with van der Waals surface area (Å²) in [5.41, 5.74) is 10.1. The Bertz CT molecular complexity index is 3510. The Balaban J connectivity index is 1.12. The molecule has 8 aromatic carbocycles. The molecule has 4 aromatic heterocycles. The predicted molar refractivity (Wildman–Crippen MR) is 236 cm³/mol. The summed E-state index contributed by atoms with van der Waals surface area (Å²) >= 11 is 1.80. The van der Waals surface area contributed by atoms with Crippen molar-refractivity contribution < 1.29 is 4.42 Å². The Labute approximate surface area is 330 Å². The van der Waals surface area contributed by atoms with Gasteiger partial charge in [-0.1, -0.05) is 152 Å². The van der Waals surface area contributed by atoms with Gasteiger partial charge in [0.05, 0.1) is 5.52 Å². The third-order valence-electron chi connectivity index (χ3n) is 11.1. The molecule has 0 bridgehead atoms. The zero-order chi connectivity index (χ0) is 37.5. The van der Waals surface area contributed by atoms with Crippen molar-refractivity contribution in [2.24, 2.45) is 0 Å². The van der Waals surface area contributed by atoms with Crippen molar-refractivity contribution >= 4 is 75.3 Å². The van der Waals surface area contributed by atoms with E-state index in [2.05, 4.69) is 162 Å². The quantitative estimate of drug-likeness (QED) is 0.176. The number of hydrogen-bond acceptors (Lipinski definition) is 5. The number of thiophene rings is 1. The second kappa shape index (κ2) is 12.6. The van der Waals surface area contributed by atoms with Crippen LogP contribution in [0, 0.1) is 0 Å². The van der Waals surface area contributed by atoms with E-state index in [1.807, 2.05) is 24.3 Å². The molecule has 4 heterocycles. The number of rotatable bonds is 5. The first-order valence-corrected chi connectivity index (χ1v) is 19.8. The van der Waals surface area contributed by atoms with Crippen LogP contribution in [0.15, 0.2) is 186 Å². The third kappa shape index (κ3) is 4.98. The molecule has 0 aliphatic rings. The van der Waals surface area contributed by atoms with E-state index in [9.17, 15) is 0 Å². The first-order valence-electron chi connectivity index (χ1n) is 19.0. The molecule has 6 heteroatoms. The number of benzene rings is 8. The fraction of sp³-hybridized carbons (Fsp3) is 0. The van der Waals surface area contributed by atoms with Crippen LogP contribution in [0.5, 0.6) is 0 Å². The highest BCUT2D eigenvalue weighted by Gasteiger charge is 2.23. The molecule has 12 rings (SSSR count). The maximum Gasteiger partial charge on any atom is 0.238 e. The van der Waals surface area contributed by atoms with E-state index in [4.69, 9.17) is 19.4 Å². The summed E-state index contributed by atoms with van der Waals surface area (Å²) in [6, 6.07) is 63.7. The van der Waals surface area contributed by atoms with Crippen LogP contribution in [0.2, 0.25) is 0 Å². The molecule has 0 unspecified atom stereocenters. The Kier molecular flexibility index (Phi) is 7.03. The highest BCUT2D eigenvalue weighted by Crippen LogP contribution is 2.44. The maximum absolute atomic E-state index is 6.88. The lowest BCUT2D eigenvalue weighted by Gasteiger charge is -2.11. The van der Waals surface area contributed by atoms with Gasteiger partial charge in [-0.05, 0) is 52.6 Å². The molecule has 0 spiro atoms. The van der Waals surface area contributed by atoms with Gasteiger partial charge >= 0.3 is 0 Å². The molecule has 0 aliphatic carbocycles. The van der Waals surface area contributed by atoms with E-state index in [1.165, 1.54) is 31.3 Å². The Morgan fingerprint density at radius 3 is 1.79 bits per heavy atom. The maximum atomic E-state index is 6.88. The van der Waals surface area contributed by atoms with Gasteiger partial charge in [0, 0.05) is 52.8 Å². The van der Waals surface area contributed by atoms with Gasteiger partial charge in [-0.15, -0.1) is 11.3 Å². The summed E-state index contributed by atoms with van der Waals surface area (Å²) < 4.78 is 11.5. The Hall–Kier alpha value is -7.41. The minimum atomic E-state index is 0.532. The summed E-state index contributed by atoms with van der Waals surface area (Å²) in [5, 5.41) is 6.80. The highest BCUT2D eigenvalue weighted by molar-refractivity contribution is 7.26. The van der Waals surface area contributed by atoms with Gasteiger partial charge in [0.25, 0.3) is 0 Å². The van der Waals surface area contributed by atoms with E-state index in [0.717, 1.165) is 66.0 Å². The lowest BCUT2D eigenvalue weighted by Crippen LogP contribution is -2.06. The molecule has 0 N–H and O–H groups in total. The van der Waals surface area contributed by atoms with E-state index in [-0.39, 0.29) is 0 Å².